The molecule has 1 heterocycles. The summed E-state index contributed by atoms with van der Waals surface area (Å²) < 4.78 is 10.4. The average Bonchev–Trinajstić information content (AvgIpc) is 3.18. The van der Waals surface area contributed by atoms with E-state index in [0.717, 1.165) is 5.56 Å². The minimum atomic E-state index is -0.821. The molecule has 0 aliphatic carbocycles. The number of halogens is 1. The molecule has 1 aromatic heterocycles. The molecule has 0 spiro atoms. The van der Waals surface area contributed by atoms with E-state index in [4.69, 9.17) is 20.8 Å². The van der Waals surface area contributed by atoms with E-state index in [9.17, 15) is 9.59 Å². The maximum atomic E-state index is 12.5. The summed E-state index contributed by atoms with van der Waals surface area (Å²) in [5, 5.41) is 3.20. The average molecular weight is 384 g/mol. The third-order valence-corrected chi connectivity index (χ3v) is 4.37. The van der Waals surface area contributed by atoms with Crippen LogP contribution in [0.15, 0.2) is 71.1 Å². The van der Waals surface area contributed by atoms with Crippen molar-refractivity contribution in [2.45, 2.75) is 12.5 Å². The number of amides is 1. The second-order valence-corrected chi connectivity index (χ2v) is 6.29. The zero-order valence-electron chi connectivity index (χ0n) is 14.6. The normalized spacial score (nSPS) is 11.6. The second-order valence-electron chi connectivity index (χ2n) is 5.88. The topological polar surface area (TPSA) is 68.5 Å². The van der Waals surface area contributed by atoms with Gasteiger partial charge in [0.25, 0.3) is 5.91 Å². The molecule has 27 heavy (non-hydrogen) atoms. The summed E-state index contributed by atoms with van der Waals surface area (Å²) in [5.74, 6) is -0.458. The molecule has 3 aromatic rings. The van der Waals surface area contributed by atoms with Crippen LogP contribution < -0.4 is 5.32 Å². The van der Waals surface area contributed by atoms with Crippen LogP contribution in [-0.4, -0.2) is 25.0 Å². The van der Waals surface area contributed by atoms with Gasteiger partial charge in [0.15, 0.2) is 5.76 Å². The number of hydrogen-bond acceptors (Lipinski definition) is 4. The number of ether oxygens (including phenoxy) is 1. The number of esters is 1. The van der Waals surface area contributed by atoms with E-state index in [1.165, 1.54) is 7.11 Å². The first-order chi connectivity index (χ1) is 13.1. The zero-order chi connectivity index (χ0) is 19.2. The van der Waals surface area contributed by atoms with Crippen molar-refractivity contribution in [1.82, 2.24) is 5.32 Å². The van der Waals surface area contributed by atoms with Crippen LogP contribution in [-0.2, 0) is 16.0 Å². The van der Waals surface area contributed by atoms with Crippen molar-refractivity contribution < 1.29 is 18.7 Å². The predicted molar refractivity (Wildman–Crippen MR) is 103 cm³/mol. The minimum Gasteiger partial charge on any atom is -0.467 e. The van der Waals surface area contributed by atoms with Gasteiger partial charge in [0, 0.05) is 12.0 Å². The van der Waals surface area contributed by atoms with Gasteiger partial charge in [-0.2, -0.15) is 0 Å². The van der Waals surface area contributed by atoms with Crippen LogP contribution in [0.5, 0.6) is 0 Å². The van der Waals surface area contributed by atoms with E-state index in [2.05, 4.69) is 5.32 Å². The predicted octanol–water partition coefficient (Wildman–Crippen LogP) is 4.11. The summed E-state index contributed by atoms with van der Waals surface area (Å²) >= 11 is 6.16. The summed E-state index contributed by atoms with van der Waals surface area (Å²) in [6.45, 7) is 0. The highest BCUT2D eigenvalue weighted by atomic mass is 35.5. The molecule has 0 bridgehead atoms. The fraction of sp³-hybridized carbons (Fsp3) is 0.143. The van der Waals surface area contributed by atoms with Crippen LogP contribution in [0.1, 0.15) is 16.1 Å². The molecule has 1 atom stereocenters. The van der Waals surface area contributed by atoms with Gasteiger partial charge in [-0.15, -0.1) is 0 Å². The van der Waals surface area contributed by atoms with Crippen LogP contribution in [0, 0.1) is 0 Å². The van der Waals surface area contributed by atoms with E-state index >= 15 is 0 Å². The van der Waals surface area contributed by atoms with Crippen molar-refractivity contribution >= 4 is 23.5 Å². The van der Waals surface area contributed by atoms with Gasteiger partial charge in [0.1, 0.15) is 11.8 Å². The molecule has 1 amide bonds. The smallest absolute Gasteiger partial charge is 0.328 e. The Bertz CT molecular complexity index is 936. The Hall–Kier alpha value is -3.05. The van der Waals surface area contributed by atoms with Crippen molar-refractivity contribution in [1.29, 1.82) is 0 Å². The highest BCUT2D eigenvalue weighted by molar-refractivity contribution is 6.33. The molecular weight excluding hydrogens is 366 g/mol. The van der Waals surface area contributed by atoms with Gasteiger partial charge in [0.2, 0.25) is 0 Å². The Labute approximate surface area is 161 Å². The molecule has 0 radical (unpaired) electrons. The maximum Gasteiger partial charge on any atom is 0.328 e. The number of methoxy groups -OCH3 is 1. The first-order valence-corrected chi connectivity index (χ1v) is 8.73. The number of carbonyl (C=O) groups is 2. The Balaban J connectivity index is 1.76. The SMILES string of the molecule is COC(=O)[C@@H](Cc1ccccc1)NC(=O)c1ccc(-c2ccccc2Cl)o1. The van der Waals surface area contributed by atoms with Crippen molar-refractivity contribution in [2.24, 2.45) is 0 Å². The lowest BCUT2D eigenvalue weighted by Gasteiger charge is -2.15. The molecule has 0 saturated carbocycles. The van der Waals surface area contributed by atoms with Crippen molar-refractivity contribution in [2.75, 3.05) is 7.11 Å². The summed E-state index contributed by atoms with van der Waals surface area (Å²) in [5.41, 5.74) is 1.59. The molecule has 0 aliphatic rings. The third kappa shape index (κ3) is 4.57. The monoisotopic (exact) mass is 383 g/mol. The van der Waals surface area contributed by atoms with Gasteiger partial charge in [-0.1, -0.05) is 54.1 Å². The van der Waals surface area contributed by atoms with Gasteiger partial charge in [-0.05, 0) is 29.8 Å². The summed E-state index contributed by atoms with van der Waals surface area (Å²) in [7, 11) is 1.29. The van der Waals surface area contributed by atoms with Crippen LogP contribution in [0.2, 0.25) is 5.02 Å². The molecule has 5 nitrogen and oxygen atoms in total. The highest BCUT2D eigenvalue weighted by Gasteiger charge is 2.24. The van der Waals surface area contributed by atoms with E-state index in [-0.39, 0.29) is 5.76 Å². The number of nitrogens with one attached hydrogen (secondary N) is 1. The number of rotatable bonds is 6. The molecule has 0 fully saturated rings. The lowest BCUT2D eigenvalue weighted by molar-refractivity contribution is -0.142. The molecule has 3 rings (SSSR count). The molecule has 0 saturated heterocycles. The molecule has 0 aliphatic heterocycles. The second kappa shape index (κ2) is 8.56. The molecule has 138 valence electrons. The largest absolute Gasteiger partial charge is 0.467 e. The van der Waals surface area contributed by atoms with Crippen LogP contribution in [0.4, 0.5) is 0 Å². The quantitative estimate of drug-likeness (QED) is 0.650. The van der Waals surface area contributed by atoms with E-state index in [1.807, 2.05) is 42.5 Å². The van der Waals surface area contributed by atoms with Crippen molar-refractivity contribution in [3.8, 4) is 11.3 Å². The third-order valence-electron chi connectivity index (χ3n) is 4.04. The van der Waals surface area contributed by atoms with Gasteiger partial charge in [0.05, 0.1) is 12.1 Å². The molecule has 2 aromatic carbocycles. The Kier molecular flexibility index (Phi) is 5.94. The molecule has 0 unspecified atom stereocenters. The Morgan fingerprint density at radius 1 is 1.04 bits per heavy atom. The maximum absolute atomic E-state index is 12.5. The van der Waals surface area contributed by atoms with Crippen molar-refractivity contribution in [3.05, 3.63) is 83.1 Å². The van der Waals surface area contributed by atoms with Gasteiger partial charge < -0.3 is 14.5 Å². The molecule has 6 heteroatoms. The highest BCUT2D eigenvalue weighted by Crippen LogP contribution is 2.29. The lowest BCUT2D eigenvalue weighted by Crippen LogP contribution is -2.42. The summed E-state index contributed by atoms with van der Waals surface area (Å²) in [6, 6.07) is 19.0. The fourth-order valence-electron chi connectivity index (χ4n) is 2.68. The summed E-state index contributed by atoms with van der Waals surface area (Å²) in [6.07, 6.45) is 0.317. The fourth-order valence-corrected chi connectivity index (χ4v) is 2.91. The lowest BCUT2D eigenvalue weighted by atomic mass is 10.1. The number of carbonyl (C=O) groups excluding carboxylic acids is 2. The van der Waals surface area contributed by atoms with Crippen LogP contribution in [0.25, 0.3) is 11.3 Å². The van der Waals surface area contributed by atoms with E-state index in [1.54, 1.807) is 24.3 Å². The standard InChI is InChI=1S/C21H18ClNO4/c1-26-21(25)17(13-14-7-3-2-4-8-14)23-20(24)19-12-11-18(27-19)15-9-5-6-10-16(15)22/h2-12,17H,13H2,1H3,(H,23,24)/t17-/m1/s1. The first-order valence-electron chi connectivity index (χ1n) is 8.36. The zero-order valence-corrected chi connectivity index (χ0v) is 15.4. The first kappa shape index (κ1) is 18.7. The number of hydrogen-bond donors (Lipinski definition) is 1. The van der Waals surface area contributed by atoms with Gasteiger partial charge in [-0.3, -0.25) is 4.79 Å². The Morgan fingerprint density at radius 2 is 1.74 bits per heavy atom. The summed E-state index contributed by atoms with van der Waals surface area (Å²) in [4.78, 5) is 24.6. The van der Waals surface area contributed by atoms with E-state index < -0.39 is 17.9 Å². The molecule has 1 N–H and O–H groups in total. The molecular formula is C21H18ClNO4. The van der Waals surface area contributed by atoms with Gasteiger partial charge >= 0.3 is 5.97 Å². The van der Waals surface area contributed by atoms with Crippen LogP contribution in [0.3, 0.4) is 0 Å². The number of furan rings is 1. The Morgan fingerprint density at radius 3 is 2.44 bits per heavy atom. The van der Waals surface area contributed by atoms with E-state index in [0.29, 0.717) is 22.8 Å². The van der Waals surface area contributed by atoms with Crippen molar-refractivity contribution in [3.63, 3.8) is 0 Å². The minimum absolute atomic E-state index is 0.0897. The van der Waals surface area contributed by atoms with Crippen LogP contribution >= 0.6 is 11.6 Å². The number of benzene rings is 2. The van der Waals surface area contributed by atoms with Gasteiger partial charge in [-0.25, -0.2) is 4.79 Å².